The van der Waals surface area contributed by atoms with Crippen molar-refractivity contribution in [3.05, 3.63) is 29.3 Å². The molecule has 2 heterocycles. The number of carboxylic acid groups (broad SMARTS) is 1. The van der Waals surface area contributed by atoms with Gasteiger partial charge in [0.25, 0.3) is 0 Å². The molecule has 1 aromatic rings. The van der Waals surface area contributed by atoms with Gasteiger partial charge in [0.2, 0.25) is 5.60 Å². The van der Waals surface area contributed by atoms with E-state index in [0.717, 1.165) is 43.5 Å². The number of benzene rings is 1. The molecule has 2 aliphatic rings. The number of hydrogen-bond donors (Lipinski definition) is 5. The van der Waals surface area contributed by atoms with Crippen molar-refractivity contribution in [2.45, 2.75) is 56.8 Å². The minimum absolute atomic E-state index is 0.308. The van der Waals surface area contributed by atoms with Crippen LogP contribution in [-0.2, 0) is 16.1 Å². The molecule has 8 nitrogen and oxygen atoms in total. The lowest BCUT2D eigenvalue weighted by Crippen LogP contribution is -2.54. The number of nitrogens with two attached hydrogens (primary N) is 1. The summed E-state index contributed by atoms with van der Waals surface area (Å²) in [7, 11) is 0. The maximum Gasteiger partial charge on any atom is 0.341 e. The molecule has 27 heavy (non-hydrogen) atoms. The summed E-state index contributed by atoms with van der Waals surface area (Å²) in [5.74, 6) is 5.09. The minimum atomic E-state index is -1.60. The molecule has 0 aromatic heterocycles. The quantitative estimate of drug-likeness (QED) is 0.296. The van der Waals surface area contributed by atoms with E-state index in [1.54, 1.807) is 6.07 Å². The predicted molar refractivity (Wildman–Crippen MR) is 101 cm³/mol. The molecule has 0 aliphatic carbocycles. The summed E-state index contributed by atoms with van der Waals surface area (Å²) < 4.78 is 5.87. The van der Waals surface area contributed by atoms with Crippen LogP contribution in [0, 0.1) is 5.41 Å². The summed E-state index contributed by atoms with van der Waals surface area (Å²) in [6, 6.07) is 5.87. The molecule has 3 atom stereocenters. The molecular formula is C19H28N4O4. The van der Waals surface area contributed by atoms with Gasteiger partial charge < -0.3 is 20.5 Å². The van der Waals surface area contributed by atoms with Crippen LogP contribution in [-0.4, -0.2) is 47.7 Å². The number of rotatable bonds is 5. The van der Waals surface area contributed by atoms with Crippen LogP contribution in [0.3, 0.4) is 0 Å². The first kappa shape index (κ1) is 19.6. The van der Waals surface area contributed by atoms with Gasteiger partial charge in [-0.05, 0) is 75.9 Å². The van der Waals surface area contributed by atoms with Crippen molar-refractivity contribution in [2.75, 3.05) is 13.1 Å². The van der Waals surface area contributed by atoms with E-state index < -0.39 is 17.7 Å². The van der Waals surface area contributed by atoms with Crippen LogP contribution in [0.4, 0.5) is 0 Å². The Kier molecular flexibility index (Phi) is 5.98. The smallest absolute Gasteiger partial charge is 0.341 e. The summed E-state index contributed by atoms with van der Waals surface area (Å²) in [6.45, 7) is 3.42. The molecule has 0 unspecified atom stereocenters. The van der Waals surface area contributed by atoms with E-state index in [0.29, 0.717) is 30.5 Å². The number of fused-ring (bicyclic) bond motifs is 1. The van der Waals surface area contributed by atoms with E-state index in [1.807, 2.05) is 12.1 Å². The lowest BCUT2D eigenvalue weighted by atomic mass is 9.90. The number of ether oxygens (including phenoxy) is 1. The molecule has 1 fully saturated rings. The van der Waals surface area contributed by atoms with Crippen LogP contribution in [0.25, 0.3) is 0 Å². The number of amidine groups is 1. The van der Waals surface area contributed by atoms with Gasteiger partial charge in [0.15, 0.2) is 0 Å². The SMILES string of the molecule is C[C@@](ON)(C(=O)O)[C@H]1CCc2cc(C(=N)N[C@@H]3CCCNCC3)ccc2O1. The topological polar surface area (TPSA) is 130 Å². The average Bonchev–Trinajstić information content (AvgIpc) is 2.94. The molecule has 8 heteroatoms. The van der Waals surface area contributed by atoms with E-state index in [-0.39, 0.29) is 0 Å². The van der Waals surface area contributed by atoms with Gasteiger partial charge in [-0.3, -0.25) is 10.2 Å². The number of carboxylic acids is 1. The number of hydrogen-bond acceptors (Lipinski definition) is 6. The maximum atomic E-state index is 11.5. The van der Waals surface area contributed by atoms with Gasteiger partial charge in [-0.25, -0.2) is 10.7 Å². The fourth-order valence-electron chi connectivity index (χ4n) is 3.65. The lowest BCUT2D eigenvalue weighted by Gasteiger charge is -2.35. The maximum absolute atomic E-state index is 11.5. The average molecular weight is 376 g/mol. The summed E-state index contributed by atoms with van der Waals surface area (Å²) in [4.78, 5) is 16.2. The highest BCUT2D eigenvalue weighted by Gasteiger charge is 2.46. The second-order valence-electron chi connectivity index (χ2n) is 7.39. The van der Waals surface area contributed by atoms with E-state index in [4.69, 9.17) is 20.9 Å². The van der Waals surface area contributed by atoms with Crippen molar-refractivity contribution >= 4 is 11.8 Å². The highest BCUT2D eigenvalue weighted by atomic mass is 16.7. The molecule has 1 aromatic carbocycles. The molecule has 148 valence electrons. The minimum Gasteiger partial charge on any atom is -0.486 e. The standard InChI is InChI=1S/C19H28N4O4/c1-19(27-21,18(24)25)16-7-5-12-11-13(4-6-15(12)26-16)17(20)23-14-3-2-9-22-10-8-14/h4,6,11,14,16,22H,2-3,5,7-10,21H2,1H3,(H2,20,23)(H,24,25)/t14-,16-,19+/m1/s1. The largest absolute Gasteiger partial charge is 0.486 e. The van der Waals surface area contributed by atoms with Crippen LogP contribution < -0.4 is 21.3 Å². The Bertz CT molecular complexity index is 703. The van der Waals surface area contributed by atoms with Crippen molar-refractivity contribution in [3.8, 4) is 5.75 Å². The Balaban J connectivity index is 1.69. The fourth-order valence-corrected chi connectivity index (χ4v) is 3.65. The van der Waals surface area contributed by atoms with Gasteiger partial charge in [-0.15, -0.1) is 0 Å². The Morgan fingerprint density at radius 2 is 2.22 bits per heavy atom. The van der Waals surface area contributed by atoms with Crippen molar-refractivity contribution in [1.29, 1.82) is 5.41 Å². The summed E-state index contributed by atoms with van der Waals surface area (Å²) >= 11 is 0. The third-order valence-electron chi connectivity index (χ3n) is 5.50. The monoisotopic (exact) mass is 376 g/mol. The zero-order valence-corrected chi connectivity index (χ0v) is 15.6. The Hall–Kier alpha value is -2.16. The first-order valence-electron chi connectivity index (χ1n) is 9.41. The van der Waals surface area contributed by atoms with Crippen LogP contribution >= 0.6 is 0 Å². The number of carbonyl (C=O) groups is 1. The molecule has 2 aliphatic heterocycles. The van der Waals surface area contributed by atoms with Crippen LogP contribution in [0.2, 0.25) is 0 Å². The Morgan fingerprint density at radius 3 is 2.96 bits per heavy atom. The van der Waals surface area contributed by atoms with Crippen molar-refractivity contribution in [3.63, 3.8) is 0 Å². The molecule has 6 N–H and O–H groups in total. The summed E-state index contributed by atoms with van der Waals surface area (Å²) in [5, 5.41) is 24.5. The molecule has 0 bridgehead atoms. The predicted octanol–water partition coefficient (Wildman–Crippen LogP) is 1.17. The van der Waals surface area contributed by atoms with Gasteiger partial charge in [0.1, 0.15) is 17.7 Å². The van der Waals surface area contributed by atoms with E-state index >= 15 is 0 Å². The fraction of sp³-hybridized carbons (Fsp3) is 0.579. The van der Waals surface area contributed by atoms with E-state index in [2.05, 4.69) is 10.6 Å². The van der Waals surface area contributed by atoms with Gasteiger partial charge in [0.05, 0.1) is 0 Å². The van der Waals surface area contributed by atoms with E-state index in [1.165, 1.54) is 6.92 Å². The van der Waals surface area contributed by atoms with E-state index in [9.17, 15) is 9.90 Å². The second-order valence-corrected chi connectivity index (χ2v) is 7.39. The Morgan fingerprint density at radius 1 is 1.41 bits per heavy atom. The second kappa shape index (κ2) is 8.24. The van der Waals surface area contributed by atoms with Crippen LogP contribution in [0.5, 0.6) is 5.75 Å². The molecule has 0 amide bonds. The summed E-state index contributed by atoms with van der Waals surface area (Å²) in [5.41, 5.74) is 0.171. The summed E-state index contributed by atoms with van der Waals surface area (Å²) in [6.07, 6.45) is 3.61. The first-order chi connectivity index (χ1) is 12.9. The highest BCUT2D eigenvalue weighted by Crippen LogP contribution is 2.33. The lowest BCUT2D eigenvalue weighted by molar-refractivity contribution is -0.179. The van der Waals surface area contributed by atoms with Crippen LogP contribution in [0.15, 0.2) is 18.2 Å². The molecule has 3 rings (SSSR count). The molecular weight excluding hydrogens is 348 g/mol. The van der Waals surface area contributed by atoms with Gasteiger partial charge in [0, 0.05) is 11.6 Å². The van der Waals surface area contributed by atoms with Crippen molar-refractivity contribution < 1.29 is 19.5 Å². The number of aryl methyl sites for hydroxylation is 1. The van der Waals surface area contributed by atoms with Crippen LogP contribution in [0.1, 0.15) is 43.7 Å². The van der Waals surface area contributed by atoms with Gasteiger partial charge in [-0.2, -0.15) is 0 Å². The molecule has 0 spiro atoms. The molecule has 1 saturated heterocycles. The van der Waals surface area contributed by atoms with Gasteiger partial charge in [-0.1, -0.05) is 0 Å². The van der Waals surface area contributed by atoms with Crippen molar-refractivity contribution in [1.82, 2.24) is 10.6 Å². The molecule has 0 saturated carbocycles. The first-order valence-corrected chi connectivity index (χ1v) is 9.41. The normalized spacial score (nSPS) is 24.7. The number of aliphatic carboxylic acids is 1. The van der Waals surface area contributed by atoms with Crippen molar-refractivity contribution in [2.24, 2.45) is 5.90 Å². The molecule has 0 radical (unpaired) electrons. The third kappa shape index (κ3) is 4.23. The zero-order valence-electron chi connectivity index (χ0n) is 15.6. The van der Waals surface area contributed by atoms with Gasteiger partial charge >= 0.3 is 5.97 Å². The highest BCUT2D eigenvalue weighted by molar-refractivity contribution is 5.96. The number of nitrogens with one attached hydrogen (secondary N) is 3. The Labute approximate surface area is 158 Å². The third-order valence-corrected chi connectivity index (χ3v) is 5.50. The zero-order chi connectivity index (χ0) is 19.4.